The van der Waals surface area contributed by atoms with Crippen molar-refractivity contribution in [2.75, 3.05) is 20.2 Å². The first kappa shape index (κ1) is 15.5. The lowest BCUT2D eigenvalue weighted by molar-refractivity contribution is -0.124. The lowest BCUT2D eigenvalue weighted by atomic mass is 10.0. The second kappa shape index (κ2) is 8.53. The Bertz CT molecular complexity index is 376. The van der Waals surface area contributed by atoms with Gasteiger partial charge in [0.1, 0.15) is 5.75 Å². The van der Waals surface area contributed by atoms with Crippen LogP contribution in [0.3, 0.4) is 0 Å². The molecule has 1 rings (SSSR count). The van der Waals surface area contributed by atoms with Crippen molar-refractivity contribution in [3.63, 3.8) is 0 Å². The second-order valence-electron chi connectivity index (χ2n) is 4.61. The molecule has 4 heteroatoms. The summed E-state index contributed by atoms with van der Waals surface area (Å²) in [6.45, 7) is 3.13. The van der Waals surface area contributed by atoms with Gasteiger partial charge >= 0.3 is 0 Å². The largest absolute Gasteiger partial charge is 0.497 e. The van der Waals surface area contributed by atoms with E-state index in [1.54, 1.807) is 7.11 Å². The normalized spacial score (nSPS) is 11.9. The van der Waals surface area contributed by atoms with Crippen LogP contribution in [0.25, 0.3) is 0 Å². The standard InChI is InChI=1S/C15H24N2O2/c1-3-4-13(11-16)15(18)17-10-9-12-5-7-14(19-2)8-6-12/h5-8,13H,3-4,9-11,16H2,1-2H3,(H,17,18). The first-order valence-corrected chi connectivity index (χ1v) is 6.82. The number of amides is 1. The molecule has 0 aliphatic heterocycles. The Morgan fingerprint density at radius 3 is 2.58 bits per heavy atom. The molecule has 19 heavy (non-hydrogen) atoms. The van der Waals surface area contributed by atoms with Crippen LogP contribution in [0.1, 0.15) is 25.3 Å². The van der Waals surface area contributed by atoms with Crippen LogP contribution in [0.2, 0.25) is 0 Å². The molecule has 1 amide bonds. The molecule has 1 unspecified atom stereocenters. The summed E-state index contributed by atoms with van der Waals surface area (Å²) in [7, 11) is 1.65. The van der Waals surface area contributed by atoms with Crippen LogP contribution in [0.15, 0.2) is 24.3 Å². The van der Waals surface area contributed by atoms with E-state index in [4.69, 9.17) is 10.5 Å². The summed E-state index contributed by atoms with van der Waals surface area (Å²) in [5.41, 5.74) is 6.78. The minimum absolute atomic E-state index is 0.0548. The molecule has 0 saturated heterocycles. The third-order valence-electron chi connectivity index (χ3n) is 3.16. The van der Waals surface area contributed by atoms with Gasteiger partial charge in [-0.1, -0.05) is 25.5 Å². The van der Waals surface area contributed by atoms with Crippen LogP contribution >= 0.6 is 0 Å². The molecule has 0 spiro atoms. The molecule has 0 aromatic heterocycles. The summed E-state index contributed by atoms with van der Waals surface area (Å²) in [4.78, 5) is 11.8. The smallest absolute Gasteiger partial charge is 0.224 e. The van der Waals surface area contributed by atoms with E-state index in [0.29, 0.717) is 13.1 Å². The summed E-state index contributed by atoms with van der Waals surface area (Å²) in [6, 6.07) is 7.88. The number of hydrogen-bond acceptors (Lipinski definition) is 3. The molecule has 0 heterocycles. The van der Waals surface area contributed by atoms with Gasteiger partial charge in [-0.3, -0.25) is 4.79 Å². The zero-order chi connectivity index (χ0) is 14.1. The number of ether oxygens (including phenoxy) is 1. The molecule has 0 bridgehead atoms. The lowest BCUT2D eigenvalue weighted by Crippen LogP contribution is -2.36. The van der Waals surface area contributed by atoms with Crippen LogP contribution in [-0.2, 0) is 11.2 Å². The minimum Gasteiger partial charge on any atom is -0.497 e. The summed E-state index contributed by atoms with van der Waals surface area (Å²) in [6.07, 6.45) is 2.65. The van der Waals surface area contributed by atoms with E-state index in [2.05, 4.69) is 12.2 Å². The first-order valence-electron chi connectivity index (χ1n) is 6.82. The fourth-order valence-electron chi connectivity index (χ4n) is 1.97. The van der Waals surface area contributed by atoms with Crippen LogP contribution in [-0.4, -0.2) is 26.1 Å². The van der Waals surface area contributed by atoms with Gasteiger partial charge in [0.15, 0.2) is 0 Å². The average Bonchev–Trinajstić information content (AvgIpc) is 2.45. The number of hydrogen-bond donors (Lipinski definition) is 2. The molecule has 4 nitrogen and oxygen atoms in total. The Morgan fingerprint density at radius 2 is 2.05 bits per heavy atom. The Morgan fingerprint density at radius 1 is 1.37 bits per heavy atom. The van der Waals surface area contributed by atoms with Gasteiger partial charge in [-0.05, 0) is 30.5 Å². The molecule has 0 fully saturated rings. The van der Waals surface area contributed by atoms with Crippen molar-refractivity contribution in [2.24, 2.45) is 11.7 Å². The van der Waals surface area contributed by atoms with Crippen LogP contribution in [0, 0.1) is 5.92 Å². The zero-order valence-corrected chi connectivity index (χ0v) is 11.8. The topological polar surface area (TPSA) is 64.4 Å². The Labute approximate surface area is 115 Å². The highest BCUT2D eigenvalue weighted by Crippen LogP contribution is 2.11. The van der Waals surface area contributed by atoms with Crippen molar-refractivity contribution in [1.29, 1.82) is 0 Å². The van der Waals surface area contributed by atoms with E-state index >= 15 is 0 Å². The van der Waals surface area contributed by atoms with Gasteiger partial charge < -0.3 is 15.8 Å². The van der Waals surface area contributed by atoms with E-state index in [0.717, 1.165) is 25.0 Å². The molecule has 0 aliphatic carbocycles. The first-order chi connectivity index (χ1) is 9.21. The number of nitrogens with one attached hydrogen (secondary N) is 1. The monoisotopic (exact) mass is 264 g/mol. The van der Waals surface area contributed by atoms with Gasteiger partial charge in [-0.15, -0.1) is 0 Å². The van der Waals surface area contributed by atoms with E-state index in [9.17, 15) is 4.79 Å². The maximum atomic E-state index is 11.8. The van der Waals surface area contributed by atoms with E-state index in [1.807, 2.05) is 24.3 Å². The van der Waals surface area contributed by atoms with Crippen molar-refractivity contribution in [3.8, 4) is 5.75 Å². The SMILES string of the molecule is CCCC(CN)C(=O)NCCc1ccc(OC)cc1. The molecule has 106 valence electrons. The number of carbonyl (C=O) groups excluding carboxylic acids is 1. The molecule has 1 aromatic rings. The van der Waals surface area contributed by atoms with Crippen LogP contribution in [0.5, 0.6) is 5.75 Å². The Balaban J connectivity index is 2.34. The van der Waals surface area contributed by atoms with E-state index < -0.39 is 0 Å². The third-order valence-corrected chi connectivity index (χ3v) is 3.16. The van der Waals surface area contributed by atoms with Crippen molar-refractivity contribution in [1.82, 2.24) is 5.32 Å². The predicted molar refractivity (Wildman–Crippen MR) is 77.2 cm³/mol. The quantitative estimate of drug-likeness (QED) is 0.751. The van der Waals surface area contributed by atoms with Gasteiger partial charge in [0.25, 0.3) is 0 Å². The van der Waals surface area contributed by atoms with Crippen molar-refractivity contribution >= 4 is 5.91 Å². The fraction of sp³-hybridized carbons (Fsp3) is 0.533. The average molecular weight is 264 g/mol. The molecule has 1 aromatic carbocycles. The van der Waals surface area contributed by atoms with Gasteiger partial charge in [-0.2, -0.15) is 0 Å². The summed E-state index contributed by atoms with van der Waals surface area (Å²) in [5, 5.41) is 2.95. The minimum atomic E-state index is -0.0548. The Kier molecular flexibility index (Phi) is 6.97. The van der Waals surface area contributed by atoms with Crippen LogP contribution < -0.4 is 15.8 Å². The zero-order valence-electron chi connectivity index (χ0n) is 11.8. The maximum Gasteiger partial charge on any atom is 0.224 e. The predicted octanol–water partition coefficient (Wildman–Crippen LogP) is 1.73. The second-order valence-corrected chi connectivity index (χ2v) is 4.61. The number of methoxy groups -OCH3 is 1. The number of nitrogens with two attached hydrogens (primary N) is 1. The highest BCUT2D eigenvalue weighted by Gasteiger charge is 2.14. The number of benzene rings is 1. The van der Waals surface area contributed by atoms with Gasteiger partial charge in [0.2, 0.25) is 5.91 Å². The molecular formula is C15H24N2O2. The van der Waals surface area contributed by atoms with Gasteiger partial charge in [-0.25, -0.2) is 0 Å². The molecule has 0 saturated carbocycles. The van der Waals surface area contributed by atoms with Gasteiger partial charge in [0.05, 0.1) is 13.0 Å². The van der Waals surface area contributed by atoms with Crippen molar-refractivity contribution in [2.45, 2.75) is 26.2 Å². The molecule has 3 N–H and O–H groups in total. The van der Waals surface area contributed by atoms with Crippen molar-refractivity contribution < 1.29 is 9.53 Å². The molecular weight excluding hydrogens is 240 g/mol. The lowest BCUT2D eigenvalue weighted by Gasteiger charge is -2.13. The summed E-state index contributed by atoms with van der Waals surface area (Å²) < 4.78 is 5.10. The van der Waals surface area contributed by atoms with Crippen LogP contribution in [0.4, 0.5) is 0 Å². The Hall–Kier alpha value is -1.55. The number of carbonyl (C=O) groups is 1. The molecule has 1 atom stereocenters. The van der Waals surface area contributed by atoms with Gasteiger partial charge in [0, 0.05) is 13.1 Å². The fourth-order valence-corrected chi connectivity index (χ4v) is 1.97. The van der Waals surface area contributed by atoms with E-state index in [1.165, 1.54) is 5.56 Å². The van der Waals surface area contributed by atoms with E-state index in [-0.39, 0.29) is 11.8 Å². The molecule has 0 radical (unpaired) electrons. The highest BCUT2D eigenvalue weighted by molar-refractivity contribution is 5.78. The maximum absolute atomic E-state index is 11.8. The molecule has 0 aliphatic rings. The van der Waals surface area contributed by atoms with Crippen molar-refractivity contribution in [3.05, 3.63) is 29.8 Å². The number of rotatable bonds is 8. The third kappa shape index (κ3) is 5.30. The summed E-state index contributed by atoms with van der Waals surface area (Å²) in [5.74, 6) is 0.859. The highest BCUT2D eigenvalue weighted by atomic mass is 16.5. The summed E-state index contributed by atoms with van der Waals surface area (Å²) >= 11 is 0.